The lowest BCUT2D eigenvalue weighted by atomic mass is 9.73. The summed E-state index contributed by atoms with van der Waals surface area (Å²) in [6.45, 7) is 2.08. The molecule has 0 saturated carbocycles. The van der Waals surface area contributed by atoms with Gasteiger partial charge in [-0.3, -0.25) is 0 Å². The van der Waals surface area contributed by atoms with Gasteiger partial charge in [-0.1, -0.05) is 42.0 Å². The van der Waals surface area contributed by atoms with E-state index in [-0.39, 0.29) is 46.9 Å². The van der Waals surface area contributed by atoms with Crippen LogP contribution in [-0.2, 0) is 12.8 Å². The van der Waals surface area contributed by atoms with E-state index in [0.717, 1.165) is 22.3 Å². The minimum atomic E-state index is -0.356. The lowest BCUT2D eigenvalue weighted by Crippen LogP contribution is -2.34. The van der Waals surface area contributed by atoms with Crippen molar-refractivity contribution in [2.45, 2.75) is 50.7 Å². The maximum atomic E-state index is 10.7. The summed E-state index contributed by atoms with van der Waals surface area (Å²) in [6, 6.07) is 19.5. The fourth-order valence-electron chi connectivity index (χ4n) is 5.95. The van der Waals surface area contributed by atoms with Crippen molar-refractivity contribution in [1.29, 1.82) is 0 Å². The molecule has 0 saturated heterocycles. The van der Waals surface area contributed by atoms with E-state index in [1.165, 1.54) is 29.8 Å². The Labute approximate surface area is 226 Å². The molecular formula is C32H30O7. The molecule has 0 aromatic heterocycles. The molecule has 3 aliphatic rings. The predicted molar refractivity (Wildman–Crippen MR) is 145 cm³/mol. The highest BCUT2D eigenvalue weighted by Gasteiger charge is 2.42. The van der Waals surface area contributed by atoms with Crippen LogP contribution >= 0.6 is 0 Å². The molecule has 3 atom stereocenters. The molecule has 200 valence electrons. The first kappa shape index (κ1) is 24.8. The highest BCUT2D eigenvalue weighted by atomic mass is 16.5. The smallest absolute Gasteiger partial charge is 0.157 e. The molecule has 2 aliphatic heterocycles. The highest BCUT2D eigenvalue weighted by Crippen LogP contribution is 2.56. The van der Waals surface area contributed by atoms with Crippen molar-refractivity contribution in [2.75, 3.05) is 0 Å². The molecule has 5 N–H and O–H groups in total. The van der Waals surface area contributed by atoms with E-state index in [1.54, 1.807) is 12.1 Å². The Hall–Kier alpha value is -4.52. The third-order valence-electron chi connectivity index (χ3n) is 7.75. The summed E-state index contributed by atoms with van der Waals surface area (Å²) < 4.78 is 12.5. The number of phenolic OH excluding ortho intramolecular Hbond substituents is 5. The van der Waals surface area contributed by atoms with Gasteiger partial charge in [0.05, 0.1) is 0 Å². The Bertz CT molecular complexity index is 1550. The number of benzene rings is 4. The molecule has 0 radical (unpaired) electrons. The molecule has 0 fully saturated rings. The van der Waals surface area contributed by atoms with Gasteiger partial charge >= 0.3 is 0 Å². The highest BCUT2D eigenvalue weighted by molar-refractivity contribution is 5.64. The summed E-state index contributed by atoms with van der Waals surface area (Å²) in [6.07, 6.45) is 1.94. The van der Waals surface area contributed by atoms with Crippen molar-refractivity contribution < 1.29 is 35.0 Å². The van der Waals surface area contributed by atoms with Gasteiger partial charge in [0.15, 0.2) is 11.5 Å². The summed E-state index contributed by atoms with van der Waals surface area (Å²) in [5.41, 5.74) is 5.23. The third kappa shape index (κ3) is 4.54. The van der Waals surface area contributed by atoms with Crippen molar-refractivity contribution >= 4 is 0 Å². The Kier molecular flexibility index (Phi) is 6.14. The average Bonchev–Trinajstić information content (AvgIpc) is 2.90. The van der Waals surface area contributed by atoms with E-state index in [9.17, 15) is 25.5 Å². The summed E-state index contributed by atoms with van der Waals surface area (Å²) in [4.78, 5) is 0. The first-order chi connectivity index (χ1) is 18.8. The number of aryl methyl sites for hydroxylation is 1. The van der Waals surface area contributed by atoms with Crippen LogP contribution in [0.25, 0.3) is 0 Å². The van der Waals surface area contributed by atoms with Crippen molar-refractivity contribution in [3.8, 4) is 40.2 Å². The molecule has 4 aromatic carbocycles. The molecule has 7 heteroatoms. The van der Waals surface area contributed by atoms with Crippen LogP contribution in [0, 0.1) is 6.92 Å². The monoisotopic (exact) mass is 526 g/mol. The lowest BCUT2D eigenvalue weighted by Gasteiger charge is -2.41. The summed E-state index contributed by atoms with van der Waals surface area (Å²) in [5.74, 6) is 0.561. The fourth-order valence-corrected chi connectivity index (χ4v) is 5.95. The normalized spacial score (nSPS) is 20.2. The molecule has 2 bridgehead atoms. The van der Waals surface area contributed by atoms with Crippen molar-refractivity contribution in [1.82, 2.24) is 0 Å². The van der Waals surface area contributed by atoms with Crippen molar-refractivity contribution in [3.05, 3.63) is 100 Å². The predicted octanol–water partition coefficient (Wildman–Crippen LogP) is 6.12. The fraction of sp³-hybridized carbons (Fsp3) is 0.250. The zero-order chi connectivity index (χ0) is 27.3. The van der Waals surface area contributed by atoms with Gasteiger partial charge in [0.25, 0.3) is 0 Å². The van der Waals surface area contributed by atoms with E-state index in [4.69, 9.17) is 9.47 Å². The zero-order valence-corrected chi connectivity index (χ0v) is 21.5. The SMILES string of the molecule is Cc1ccccc1.Oc1cc(O)c2c(c1)OC1Cc3cc(O)c4c(c3[C@@H]2C1)OC(c1ccc(O)c(O)c1)CC4. The Morgan fingerprint density at radius 1 is 0.744 bits per heavy atom. The average molecular weight is 527 g/mol. The number of phenols is 5. The lowest BCUT2D eigenvalue weighted by molar-refractivity contribution is 0.143. The van der Waals surface area contributed by atoms with Gasteiger partial charge in [0, 0.05) is 41.2 Å². The molecule has 0 spiro atoms. The number of rotatable bonds is 1. The molecule has 0 amide bonds. The van der Waals surface area contributed by atoms with Crippen LogP contribution in [0.4, 0.5) is 0 Å². The second-order valence-corrected chi connectivity index (χ2v) is 10.4. The quantitative estimate of drug-likeness (QED) is 0.190. The number of hydrogen-bond donors (Lipinski definition) is 5. The first-order valence-corrected chi connectivity index (χ1v) is 13.1. The topological polar surface area (TPSA) is 120 Å². The van der Waals surface area contributed by atoms with Crippen LogP contribution in [0.15, 0.2) is 66.7 Å². The molecule has 39 heavy (non-hydrogen) atoms. The molecule has 2 unspecified atom stereocenters. The molecule has 2 heterocycles. The van der Waals surface area contributed by atoms with Crippen molar-refractivity contribution in [2.24, 2.45) is 0 Å². The molecular weight excluding hydrogens is 496 g/mol. The van der Waals surface area contributed by atoms with Crippen LogP contribution in [0.5, 0.6) is 40.2 Å². The third-order valence-corrected chi connectivity index (χ3v) is 7.75. The zero-order valence-electron chi connectivity index (χ0n) is 21.5. The van der Waals surface area contributed by atoms with E-state index in [0.29, 0.717) is 42.7 Å². The van der Waals surface area contributed by atoms with Gasteiger partial charge in [-0.25, -0.2) is 0 Å². The van der Waals surface area contributed by atoms with Crippen LogP contribution in [-0.4, -0.2) is 31.6 Å². The number of hydrogen-bond acceptors (Lipinski definition) is 7. The van der Waals surface area contributed by atoms with Gasteiger partial charge in [0.1, 0.15) is 41.0 Å². The van der Waals surface area contributed by atoms with Crippen molar-refractivity contribution in [3.63, 3.8) is 0 Å². The van der Waals surface area contributed by atoms with Crippen LogP contribution in [0.1, 0.15) is 58.2 Å². The van der Waals surface area contributed by atoms with E-state index in [2.05, 4.69) is 19.1 Å². The maximum absolute atomic E-state index is 10.7. The summed E-state index contributed by atoms with van der Waals surface area (Å²) in [5, 5.41) is 50.9. The second kappa shape index (κ2) is 9.66. The molecule has 7 rings (SSSR count). The Morgan fingerprint density at radius 3 is 2.26 bits per heavy atom. The standard InChI is InChI=1S/C25H22O7.C7H8/c26-13-8-20(30)24-16-10-14(31-22(24)9-13)5-12-7-18(28)15-2-4-21(32-25(15)23(12)16)11-1-3-17(27)19(29)6-11;1-7-5-3-2-4-6-7/h1,3,6-9,14,16,21,26-30H,2,4-5,10H2;2-6H,1H3/t14?,16-,21?;/m0./s1. The second-order valence-electron chi connectivity index (χ2n) is 10.4. The molecule has 1 aliphatic carbocycles. The Morgan fingerprint density at radius 2 is 1.54 bits per heavy atom. The summed E-state index contributed by atoms with van der Waals surface area (Å²) >= 11 is 0. The largest absolute Gasteiger partial charge is 0.508 e. The van der Waals surface area contributed by atoms with Crippen LogP contribution in [0.2, 0.25) is 0 Å². The van der Waals surface area contributed by atoms with E-state index < -0.39 is 0 Å². The van der Waals surface area contributed by atoms with Gasteiger partial charge in [-0.05, 0) is 55.5 Å². The first-order valence-electron chi connectivity index (χ1n) is 13.1. The van der Waals surface area contributed by atoms with Crippen LogP contribution in [0.3, 0.4) is 0 Å². The number of fused-ring (bicyclic) bond motifs is 8. The van der Waals surface area contributed by atoms with Crippen LogP contribution < -0.4 is 9.47 Å². The Balaban J connectivity index is 0.000000346. The number of aromatic hydroxyl groups is 5. The van der Waals surface area contributed by atoms with Gasteiger partial charge in [-0.15, -0.1) is 0 Å². The van der Waals surface area contributed by atoms with Gasteiger partial charge in [0.2, 0.25) is 0 Å². The minimum absolute atomic E-state index is 0.0334. The minimum Gasteiger partial charge on any atom is -0.508 e. The molecule has 7 nitrogen and oxygen atoms in total. The summed E-state index contributed by atoms with van der Waals surface area (Å²) in [7, 11) is 0. The molecule has 4 aromatic rings. The maximum Gasteiger partial charge on any atom is 0.157 e. The van der Waals surface area contributed by atoms with Gasteiger partial charge < -0.3 is 35.0 Å². The number of ether oxygens (including phenoxy) is 2. The van der Waals surface area contributed by atoms with E-state index in [1.807, 2.05) is 18.2 Å². The van der Waals surface area contributed by atoms with E-state index >= 15 is 0 Å². The van der Waals surface area contributed by atoms with Gasteiger partial charge in [-0.2, -0.15) is 0 Å².